The molecule has 0 saturated carbocycles. The van der Waals surface area contributed by atoms with Crippen LogP contribution in [0, 0.1) is 5.82 Å². The van der Waals surface area contributed by atoms with Crippen LogP contribution in [0.3, 0.4) is 0 Å². The molecule has 0 bridgehead atoms. The molecule has 0 aromatic heterocycles. The number of thioether (sulfide) groups is 1. The van der Waals surface area contributed by atoms with Gasteiger partial charge >= 0.3 is 0 Å². The molecule has 0 N–H and O–H groups in total. The number of methoxy groups -OCH3 is 2. The fourth-order valence-electron chi connectivity index (χ4n) is 3.94. The summed E-state index contributed by atoms with van der Waals surface area (Å²) in [6, 6.07) is 21.4. The first-order chi connectivity index (χ1) is 17.0. The summed E-state index contributed by atoms with van der Waals surface area (Å²) < 4.78 is 23.8. The maximum absolute atomic E-state index is 13.3. The predicted molar refractivity (Wildman–Crippen MR) is 136 cm³/mol. The Kier molecular flexibility index (Phi) is 6.37. The van der Waals surface area contributed by atoms with Crippen molar-refractivity contribution >= 4 is 34.6 Å². The lowest BCUT2D eigenvalue weighted by Crippen LogP contribution is -2.23. The molecule has 2 aliphatic rings. The second kappa shape index (κ2) is 9.76. The first kappa shape index (κ1) is 22.9. The van der Waals surface area contributed by atoms with Crippen LogP contribution in [0.25, 0.3) is 6.08 Å². The fourth-order valence-corrected chi connectivity index (χ4v) is 4.85. The van der Waals surface area contributed by atoms with Gasteiger partial charge in [-0.25, -0.2) is 9.40 Å². The highest BCUT2D eigenvalue weighted by molar-refractivity contribution is 8.18. The largest absolute Gasteiger partial charge is 0.497 e. The molecule has 6 nitrogen and oxygen atoms in total. The predicted octanol–water partition coefficient (Wildman–Crippen LogP) is 5.66. The van der Waals surface area contributed by atoms with Crippen molar-refractivity contribution in [2.75, 3.05) is 14.2 Å². The number of carbonyl (C=O) groups is 1. The number of rotatable bonds is 5. The normalized spacial score (nSPS) is 18.6. The van der Waals surface area contributed by atoms with Crippen LogP contribution in [-0.2, 0) is 4.79 Å². The van der Waals surface area contributed by atoms with Gasteiger partial charge < -0.3 is 9.47 Å². The van der Waals surface area contributed by atoms with Gasteiger partial charge in [-0.05, 0) is 83.1 Å². The van der Waals surface area contributed by atoms with Gasteiger partial charge in [0, 0.05) is 6.42 Å². The Balaban J connectivity index is 1.46. The van der Waals surface area contributed by atoms with Gasteiger partial charge in [-0.2, -0.15) is 10.1 Å². The first-order valence-corrected chi connectivity index (χ1v) is 11.8. The van der Waals surface area contributed by atoms with Crippen LogP contribution in [0.4, 0.5) is 4.39 Å². The van der Waals surface area contributed by atoms with Crippen LogP contribution in [0.15, 0.2) is 87.8 Å². The number of hydrogen-bond donors (Lipinski definition) is 0. The van der Waals surface area contributed by atoms with Crippen LogP contribution in [0.1, 0.15) is 29.2 Å². The average molecular weight is 488 g/mol. The van der Waals surface area contributed by atoms with E-state index in [0.29, 0.717) is 16.5 Å². The molecule has 2 heterocycles. The molecule has 35 heavy (non-hydrogen) atoms. The van der Waals surface area contributed by atoms with Gasteiger partial charge in [-0.15, -0.1) is 0 Å². The summed E-state index contributed by atoms with van der Waals surface area (Å²) >= 11 is 1.27. The number of amidine groups is 1. The maximum Gasteiger partial charge on any atom is 0.286 e. The van der Waals surface area contributed by atoms with Crippen molar-refractivity contribution in [1.82, 2.24) is 5.01 Å². The van der Waals surface area contributed by atoms with E-state index in [0.717, 1.165) is 33.9 Å². The van der Waals surface area contributed by atoms with Crippen LogP contribution >= 0.6 is 11.8 Å². The summed E-state index contributed by atoms with van der Waals surface area (Å²) in [5, 5.41) is 7.20. The molecular formula is C27H22FN3O3S. The van der Waals surface area contributed by atoms with Gasteiger partial charge in [-0.1, -0.05) is 24.3 Å². The number of amides is 1. The van der Waals surface area contributed by atoms with E-state index in [1.807, 2.05) is 53.5 Å². The quantitative estimate of drug-likeness (QED) is 0.434. The number of hydrazone groups is 1. The van der Waals surface area contributed by atoms with E-state index in [-0.39, 0.29) is 17.8 Å². The second-order valence-electron chi connectivity index (χ2n) is 7.97. The fraction of sp³-hybridized carbons (Fsp3) is 0.148. The summed E-state index contributed by atoms with van der Waals surface area (Å²) in [5.74, 6) is 0.875. The van der Waals surface area contributed by atoms with Gasteiger partial charge in [0.15, 0.2) is 5.17 Å². The molecular weight excluding hydrogens is 465 g/mol. The Morgan fingerprint density at radius 2 is 1.57 bits per heavy atom. The number of carbonyl (C=O) groups excluding carboxylic acids is 1. The zero-order chi connectivity index (χ0) is 24.4. The summed E-state index contributed by atoms with van der Waals surface area (Å²) in [7, 11) is 3.26. The number of benzene rings is 3. The zero-order valence-electron chi connectivity index (χ0n) is 19.1. The highest BCUT2D eigenvalue weighted by atomic mass is 32.2. The number of ether oxygens (including phenoxy) is 2. The Morgan fingerprint density at radius 3 is 2.20 bits per heavy atom. The highest BCUT2D eigenvalue weighted by Gasteiger charge is 2.36. The van der Waals surface area contributed by atoms with Crippen molar-refractivity contribution in [3.05, 3.63) is 100 Å². The van der Waals surface area contributed by atoms with Gasteiger partial charge in [0.25, 0.3) is 5.91 Å². The third-order valence-corrected chi connectivity index (χ3v) is 6.78. The van der Waals surface area contributed by atoms with Gasteiger partial charge in [0.2, 0.25) is 0 Å². The topological polar surface area (TPSA) is 63.5 Å². The molecule has 1 unspecified atom stereocenters. The Labute approximate surface area is 206 Å². The smallest absolute Gasteiger partial charge is 0.286 e. The Bertz CT molecular complexity index is 1330. The minimum absolute atomic E-state index is 0.137. The van der Waals surface area contributed by atoms with E-state index in [4.69, 9.17) is 14.6 Å². The zero-order valence-corrected chi connectivity index (χ0v) is 20.0. The molecule has 0 spiro atoms. The molecule has 0 radical (unpaired) electrons. The van der Waals surface area contributed by atoms with E-state index >= 15 is 0 Å². The summed E-state index contributed by atoms with van der Waals surface area (Å²) in [4.78, 5) is 17.5. The molecule has 5 rings (SSSR count). The van der Waals surface area contributed by atoms with Crippen LogP contribution < -0.4 is 9.47 Å². The number of hydrogen-bond acceptors (Lipinski definition) is 6. The second-order valence-corrected chi connectivity index (χ2v) is 8.98. The van der Waals surface area contributed by atoms with Crippen molar-refractivity contribution in [1.29, 1.82) is 0 Å². The van der Waals surface area contributed by atoms with Crippen molar-refractivity contribution in [3.63, 3.8) is 0 Å². The molecule has 8 heteroatoms. The molecule has 0 aliphatic carbocycles. The SMILES string of the molecule is COc1ccc(C2=NN(C3=NC(=O)/C(=C/c4ccc(F)cc4)S3)C(c3ccc(OC)cc3)C2)cc1. The summed E-state index contributed by atoms with van der Waals surface area (Å²) in [5.41, 5.74) is 3.63. The first-order valence-electron chi connectivity index (χ1n) is 11.0. The third-order valence-electron chi connectivity index (χ3n) is 5.81. The minimum atomic E-state index is -0.337. The van der Waals surface area contributed by atoms with Crippen LogP contribution in [0.2, 0.25) is 0 Å². The van der Waals surface area contributed by atoms with E-state index in [1.54, 1.807) is 32.4 Å². The molecule has 0 fully saturated rings. The van der Waals surface area contributed by atoms with Crippen molar-refractivity contribution in [2.45, 2.75) is 12.5 Å². The Morgan fingerprint density at radius 1 is 0.943 bits per heavy atom. The van der Waals surface area contributed by atoms with Gasteiger partial charge in [0.05, 0.1) is 30.9 Å². The average Bonchev–Trinajstić information content (AvgIpc) is 3.49. The molecule has 2 aliphatic heterocycles. The standard InChI is InChI=1S/C27H22FN3O3S/c1-33-21-11-5-18(6-12-21)23-16-24(19-7-13-22(34-2)14-8-19)31(30-23)27-29-26(32)25(35-27)15-17-3-9-20(28)10-4-17/h3-15,24H,16H2,1-2H3/b25-15-. The molecule has 1 atom stereocenters. The van der Waals surface area contributed by atoms with Crippen LogP contribution in [0.5, 0.6) is 11.5 Å². The highest BCUT2D eigenvalue weighted by Crippen LogP contribution is 2.40. The third kappa shape index (κ3) is 4.83. The molecule has 3 aromatic rings. The maximum atomic E-state index is 13.3. The van der Waals surface area contributed by atoms with E-state index in [1.165, 1.54) is 23.9 Å². The lowest BCUT2D eigenvalue weighted by Gasteiger charge is -2.22. The Hall–Kier alpha value is -3.91. The van der Waals surface area contributed by atoms with E-state index in [9.17, 15) is 9.18 Å². The lowest BCUT2D eigenvalue weighted by molar-refractivity contribution is -0.113. The number of aliphatic imine (C=N–C) groups is 1. The molecule has 0 saturated heterocycles. The van der Waals surface area contributed by atoms with Crippen molar-refractivity contribution in [2.24, 2.45) is 10.1 Å². The van der Waals surface area contributed by atoms with Crippen molar-refractivity contribution < 1.29 is 18.7 Å². The van der Waals surface area contributed by atoms with E-state index in [2.05, 4.69) is 4.99 Å². The van der Waals surface area contributed by atoms with Crippen molar-refractivity contribution in [3.8, 4) is 11.5 Å². The summed E-state index contributed by atoms with van der Waals surface area (Å²) in [6.45, 7) is 0. The summed E-state index contributed by atoms with van der Waals surface area (Å²) in [6.07, 6.45) is 2.36. The van der Waals surface area contributed by atoms with Gasteiger partial charge in [-0.3, -0.25) is 4.79 Å². The van der Waals surface area contributed by atoms with Gasteiger partial charge in [0.1, 0.15) is 17.3 Å². The number of halogens is 1. The molecule has 1 amide bonds. The lowest BCUT2D eigenvalue weighted by atomic mass is 9.98. The number of nitrogens with zero attached hydrogens (tertiary/aromatic N) is 3. The van der Waals surface area contributed by atoms with E-state index < -0.39 is 0 Å². The molecule has 3 aromatic carbocycles. The van der Waals surface area contributed by atoms with Crippen LogP contribution in [-0.4, -0.2) is 36.0 Å². The minimum Gasteiger partial charge on any atom is -0.497 e. The molecule has 176 valence electrons. The monoisotopic (exact) mass is 487 g/mol.